The Morgan fingerprint density at radius 1 is 1.31 bits per heavy atom. The third-order valence-electron chi connectivity index (χ3n) is 2.99. The summed E-state index contributed by atoms with van der Waals surface area (Å²) in [6.07, 6.45) is 4.17. The first-order valence-electron chi connectivity index (χ1n) is 5.43. The van der Waals surface area contributed by atoms with E-state index in [1.54, 1.807) is 11.8 Å². The SMILES string of the molecule is CSc1nc2n(n1)C(c1ccccc1)CC2. The molecule has 0 aliphatic carbocycles. The lowest BCUT2D eigenvalue weighted by molar-refractivity contribution is 0.543. The van der Waals surface area contributed by atoms with Crippen molar-refractivity contribution in [1.29, 1.82) is 0 Å². The fraction of sp³-hybridized carbons (Fsp3) is 0.333. The summed E-state index contributed by atoms with van der Waals surface area (Å²) in [6.45, 7) is 0. The van der Waals surface area contributed by atoms with Gasteiger partial charge in [0.05, 0.1) is 6.04 Å². The number of aryl methyl sites for hydroxylation is 1. The van der Waals surface area contributed by atoms with Crippen LogP contribution in [0.5, 0.6) is 0 Å². The molecule has 1 aromatic heterocycles. The summed E-state index contributed by atoms with van der Waals surface area (Å²) in [4.78, 5) is 4.50. The molecule has 1 aromatic carbocycles. The molecule has 1 unspecified atom stereocenters. The quantitative estimate of drug-likeness (QED) is 0.744. The van der Waals surface area contributed by atoms with Crippen molar-refractivity contribution in [1.82, 2.24) is 14.8 Å². The molecule has 0 amide bonds. The number of fused-ring (bicyclic) bond motifs is 1. The lowest BCUT2D eigenvalue weighted by atomic mass is 10.1. The number of nitrogens with zero attached hydrogens (tertiary/aromatic N) is 3. The van der Waals surface area contributed by atoms with Crippen LogP contribution in [0, 0.1) is 0 Å². The van der Waals surface area contributed by atoms with Crippen LogP contribution >= 0.6 is 11.8 Å². The molecular formula is C12H13N3S. The lowest BCUT2D eigenvalue weighted by Gasteiger charge is -2.11. The molecule has 82 valence electrons. The first kappa shape index (κ1) is 9.90. The van der Waals surface area contributed by atoms with Gasteiger partial charge in [0.15, 0.2) is 0 Å². The summed E-state index contributed by atoms with van der Waals surface area (Å²) in [5, 5.41) is 5.42. The molecule has 0 radical (unpaired) electrons. The molecule has 0 spiro atoms. The zero-order valence-corrected chi connectivity index (χ0v) is 9.94. The molecule has 0 bridgehead atoms. The van der Waals surface area contributed by atoms with Crippen LogP contribution in [0.25, 0.3) is 0 Å². The van der Waals surface area contributed by atoms with Crippen molar-refractivity contribution < 1.29 is 0 Å². The van der Waals surface area contributed by atoms with Gasteiger partial charge in [-0.15, -0.1) is 5.10 Å². The smallest absolute Gasteiger partial charge is 0.208 e. The van der Waals surface area contributed by atoms with Crippen LogP contribution in [0.2, 0.25) is 0 Å². The molecule has 4 heteroatoms. The second-order valence-electron chi connectivity index (χ2n) is 3.92. The molecule has 0 fully saturated rings. The van der Waals surface area contributed by atoms with Crippen molar-refractivity contribution in [2.75, 3.05) is 6.26 Å². The number of thioether (sulfide) groups is 1. The molecule has 1 aliphatic rings. The van der Waals surface area contributed by atoms with E-state index in [-0.39, 0.29) is 0 Å². The Kier molecular flexibility index (Phi) is 2.44. The van der Waals surface area contributed by atoms with Gasteiger partial charge in [-0.25, -0.2) is 9.67 Å². The second kappa shape index (κ2) is 3.94. The van der Waals surface area contributed by atoms with Crippen molar-refractivity contribution in [2.45, 2.75) is 24.0 Å². The summed E-state index contributed by atoms with van der Waals surface area (Å²) >= 11 is 1.61. The first-order valence-corrected chi connectivity index (χ1v) is 6.65. The Morgan fingerprint density at radius 2 is 2.12 bits per heavy atom. The first-order chi connectivity index (χ1) is 7.88. The minimum atomic E-state index is 0.379. The van der Waals surface area contributed by atoms with Crippen LogP contribution in [0.4, 0.5) is 0 Å². The van der Waals surface area contributed by atoms with E-state index < -0.39 is 0 Å². The Balaban J connectivity index is 1.99. The number of hydrogen-bond donors (Lipinski definition) is 0. The Hall–Kier alpha value is -1.29. The summed E-state index contributed by atoms with van der Waals surface area (Å²) in [7, 11) is 0. The number of rotatable bonds is 2. The van der Waals surface area contributed by atoms with Crippen LogP contribution in [0.3, 0.4) is 0 Å². The number of aromatic nitrogens is 3. The zero-order chi connectivity index (χ0) is 11.0. The average Bonchev–Trinajstić information content (AvgIpc) is 2.88. The van der Waals surface area contributed by atoms with Crippen molar-refractivity contribution >= 4 is 11.8 Å². The Morgan fingerprint density at radius 3 is 2.88 bits per heavy atom. The van der Waals surface area contributed by atoms with E-state index in [1.165, 1.54) is 5.56 Å². The highest BCUT2D eigenvalue weighted by molar-refractivity contribution is 7.98. The molecule has 3 rings (SSSR count). The molecule has 0 N–H and O–H groups in total. The van der Waals surface area contributed by atoms with Gasteiger partial charge in [0.25, 0.3) is 0 Å². The summed E-state index contributed by atoms with van der Waals surface area (Å²) < 4.78 is 2.08. The van der Waals surface area contributed by atoms with Crippen molar-refractivity contribution in [3.63, 3.8) is 0 Å². The van der Waals surface area contributed by atoms with Gasteiger partial charge in [-0.2, -0.15) is 0 Å². The zero-order valence-electron chi connectivity index (χ0n) is 9.13. The van der Waals surface area contributed by atoms with Crippen molar-refractivity contribution in [3.8, 4) is 0 Å². The minimum absolute atomic E-state index is 0.379. The fourth-order valence-electron chi connectivity index (χ4n) is 2.21. The van der Waals surface area contributed by atoms with Gasteiger partial charge in [0.1, 0.15) is 5.82 Å². The van der Waals surface area contributed by atoms with Gasteiger partial charge in [-0.1, -0.05) is 42.1 Å². The van der Waals surface area contributed by atoms with E-state index in [0.717, 1.165) is 23.8 Å². The van der Waals surface area contributed by atoms with E-state index >= 15 is 0 Å². The maximum atomic E-state index is 4.54. The van der Waals surface area contributed by atoms with E-state index in [4.69, 9.17) is 0 Å². The van der Waals surface area contributed by atoms with E-state index in [2.05, 4.69) is 39.0 Å². The van der Waals surface area contributed by atoms with Gasteiger partial charge >= 0.3 is 0 Å². The third-order valence-corrected chi connectivity index (χ3v) is 3.52. The van der Waals surface area contributed by atoms with Gasteiger partial charge in [-0.05, 0) is 18.2 Å². The average molecular weight is 231 g/mol. The van der Waals surface area contributed by atoms with E-state index in [9.17, 15) is 0 Å². The molecule has 2 heterocycles. The van der Waals surface area contributed by atoms with Crippen LogP contribution in [0.1, 0.15) is 23.9 Å². The van der Waals surface area contributed by atoms with E-state index in [0.29, 0.717) is 6.04 Å². The summed E-state index contributed by atoms with van der Waals surface area (Å²) in [6, 6.07) is 10.9. The Bertz CT molecular complexity index is 492. The van der Waals surface area contributed by atoms with Gasteiger partial charge < -0.3 is 0 Å². The molecular weight excluding hydrogens is 218 g/mol. The summed E-state index contributed by atoms with van der Waals surface area (Å²) in [5.41, 5.74) is 1.33. The van der Waals surface area contributed by atoms with Gasteiger partial charge in [-0.3, -0.25) is 0 Å². The monoisotopic (exact) mass is 231 g/mol. The topological polar surface area (TPSA) is 30.7 Å². The number of benzene rings is 1. The lowest BCUT2D eigenvalue weighted by Crippen LogP contribution is -2.07. The maximum absolute atomic E-state index is 4.54. The third kappa shape index (κ3) is 1.53. The fourth-order valence-corrected chi connectivity index (χ4v) is 2.58. The molecule has 1 aliphatic heterocycles. The predicted octanol–water partition coefficient (Wildman–Crippen LogP) is 2.54. The highest BCUT2D eigenvalue weighted by atomic mass is 32.2. The second-order valence-corrected chi connectivity index (χ2v) is 4.70. The van der Waals surface area contributed by atoms with Crippen LogP contribution in [-0.4, -0.2) is 21.0 Å². The van der Waals surface area contributed by atoms with Crippen molar-refractivity contribution in [2.24, 2.45) is 0 Å². The molecule has 0 saturated heterocycles. The van der Waals surface area contributed by atoms with Gasteiger partial charge in [0, 0.05) is 6.42 Å². The van der Waals surface area contributed by atoms with E-state index in [1.807, 2.05) is 12.3 Å². The number of hydrogen-bond acceptors (Lipinski definition) is 3. The molecule has 2 aromatic rings. The highest BCUT2D eigenvalue weighted by Crippen LogP contribution is 2.31. The van der Waals surface area contributed by atoms with Crippen molar-refractivity contribution in [3.05, 3.63) is 41.7 Å². The molecule has 3 nitrogen and oxygen atoms in total. The van der Waals surface area contributed by atoms with Gasteiger partial charge in [0.2, 0.25) is 5.16 Å². The summed E-state index contributed by atoms with van der Waals surface area (Å²) in [5.74, 6) is 1.12. The van der Waals surface area contributed by atoms with Crippen LogP contribution < -0.4 is 0 Å². The minimum Gasteiger partial charge on any atom is -0.241 e. The Labute approximate surface area is 98.9 Å². The molecule has 1 atom stereocenters. The molecule has 0 saturated carbocycles. The maximum Gasteiger partial charge on any atom is 0.208 e. The normalized spacial score (nSPS) is 18.7. The highest BCUT2D eigenvalue weighted by Gasteiger charge is 2.26. The standard InChI is InChI=1S/C12H13N3S/c1-16-12-13-11-8-7-10(15(11)14-12)9-5-3-2-4-6-9/h2-6,10H,7-8H2,1H3. The van der Waals surface area contributed by atoms with Crippen LogP contribution in [0.15, 0.2) is 35.5 Å². The molecule has 16 heavy (non-hydrogen) atoms. The van der Waals surface area contributed by atoms with Crippen LogP contribution in [-0.2, 0) is 6.42 Å². The largest absolute Gasteiger partial charge is 0.241 e. The predicted molar refractivity (Wildman–Crippen MR) is 64.7 cm³/mol.